The van der Waals surface area contributed by atoms with Crippen LogP contribution in [0.5, 0.6) is 0 Å². The van der Waals surface area contributed by atoms with Gasteiger partial charge >= 0.3 is 0 Å². The van der Waals surface area contributed by atoms with Gasteiger partial charge in [0, 0.05) is 19.3 Å². The molecule has 152 valence electrons. The number of allylic oxidation sites excluding steroid dienone is 2. The van der Waals surface area contributed by atoms with Crippen molar-refractivity contribution in [3.05, 3.63) is 95.3 Å². The van der Waals surface area contributed by atoms with Crippen molar-refractivity contribution in [2.45, 2.75) is 32.1 Å². The minimum Gasteiger partial charge on any atom is -0.511 e. The summed E-state index contributed by atoms with van der Waals surface area (Å²) in [5.74, 6) is -0.0153. The number of nitrogens with zero attached hydrogens (tertiary/aromatic N) is 1. The third kappa shape index (κ3) is 4.13. The highest BCUT2D eigenvalue weighted by atomic mass is 16.6. The van der Waals surface area contributed by atoms with Crippen LogP contribution in [0.4, 0.5) is 0 Å². The van der Waals surface area contributed by atoms with Gasteiger partial charge in [0.1, 0.15) is 12.4 Å². The van der Waals surface area contributed by atoms with Gasteiger partial charge in [0.15, 0.2) is 5.78 Å². The van der Waals surface area contributed by atoms with E-state index in [4.69, 9.17) is 4.84 Å². The first-order chi connectivity index (χ1) is 14.7. The number of carbonyl (C=O) groups is 1. The number of Topliss-reactive ketones (excluding diaryl/α,β-unsaturated/α-hetero) is 1. The molecule has 0 bridgehead atoms. The van der Waals surface area contributed by atoms with Crippen molar-refractivity contribution in [2.24, 2.45) is 5.16 Å². The van der Waals surface area contributed by atoms with Gasteiger partial charge in [-0.05, 0) is 34.7 Å². The highest BCUT2D eigenvalue weighted by molar-refractivity contribution is 6.24. The van der Waals surface area contributed by atoms with E-state index in [2.05, 4.69) is 23.4 Å². The van der Waals surface area contributed by atoms with Gasteiger partial charge in [0.25, 0.3) is 0 Å². The third-order valence-electron chi connectivity index (χ3n) is 5.54. The number of fused-ring (bicyclic) bond motifs is 1. The second-order valence-electron chi connectivity index (χ2n) is 7.53. The van der Waals surface area contributed by atoms with E-state index in [1.807, 2.05) is 61.5 Å². The second kappa shape index (κ2) is 8.95. The van der Waals surface area contributed by atoms with Crippen molar-refractivity contribution in [1.82, 2.24) is 0 Å². The molecule has 4 nitrogen and oxygen atoms in total. The van der Waals surface area contributed by atoms with Crippen LogP contribution in [0, 0.1) is 0 Å². The van der Waals surface area contributed by atoms with Gasteiger partial charge in [-0.3, -0.25) is 4.79 Å². The minimum atomic E-state index is -0.0914. The lowest BCUT2D eigenvalue weighted by molar-refractivity contribution is -0.116. The fourth-order valence-corrected chi connectivity index (χ4v) is 4.12. The maximum absolute atomic E-state index is 13.1. The number of rotatable bonds is 6. The molecule has 0 aliphatic heterocycles. The van der Waals surface area contributed by atoms with Crippen molar-refractivity contribution in [3.8, 4) is 0 Å². The van der Waals surface area contributed by atoms with Crippen LogP contribution in [0.3, 0.4) is 0 Å². The Morgan fingerprint density at radius 3 is 2.50 bits per heavy atom. The van der Waals surface area contributed by atoms with E-state index in [-0.39, 0.29) is 17.5 Å². The Labute approximate surface area is 176 Å². The molecule has 1 atom stereocenters. The Balaban J connectivity index is 1.69. The number of aliphatic hydroxyl groups is 1. The molecule has 0 heterocycles. The molecule has 0 saturated carbocycles. The number of carbonyl (C=O) groups excluding carboxylic acids is 1. The Bertz CT molecular complexity index is 1110. The largest absolute Gasteiger partial charge is 0.511 e. The predicted molar refractivity (Wildman–Crippen MR) is 120 cm³/mol. The predicted octanol–water partition coefficient (Wildman–Crippen LogP) is 5.73. The lowest BCUT2D eigenvalue weighted by Gasteiger charge is -2.24. The second-order valence-corrected chi connectivity index (χ2v) is 7.53. The van der Waals surface area contributed by atoms with Crippen LogP contribution in [0.25, 0.3) is 10.8 Å². The molecule has 0 saturated heterocycles. The van der Waals surface area contributed by atoms with Crippen LogP contribution in [0.2, 0.25) is 0 Å². The average Bonchev–Trinajstić information content (AvgIpc) is 2.77. The third-order valence-corrected chi connectivity index (χ3v) is 5.54. The molecular weight excluding hydrogens is 374 g/mol. The van der Waals surface area contributed by atoms with Gasteiger partial charge in [-0.2, -0.15) is 0 Å². The number of benzene rings is 3. The smallest absolute Gasteiger partial charge is 0.168 e. The van der Waals surface area contributed by atoms with E-state index in [1.165, 1.54) is 0 Å². The SMILES string of the molecule is CCON=C(Cc1cccc2ccccc12)C1=C(O)CC(c2ccccc2)CC1=O. The zero-order valence-electron chi connectivity index (χ0n) is 17.0. The van der Waals surface area contributed by atoms with Gasteiger partial charge in [0.2, 0.25) is 0 Å². The van der Waals surface area contributed by atoms with Gasteiger partial charge in [-0.15, -0.1) is 0 Å². The van der Waals surface area contributed by atoms with Gasteiger partial charge in [-0.25, -0.2) is 0 Å². The summed E-state index contributed by atoms with van der Waals surface area (Å²) in [4.78, 5) is 18.4. The van der Waals surface area contributed by atoms with E-state index in [0.717, 1.165) is 21.9 Å². The van der Waals surface area contributed by atoms with Crippen LogP contribution < -0.4 is 0 Å². The Morgan fingerprint density at radius 1 is 1.00 bits per heavy atom. The van der Waals surface area contributed by atoms with Crippen LogP contribution in [0.1, 0.15) is 36.8 Å². The van der Waals surface area contributed by atoms with Gasteiger partial charge < -0.3 is 9.94 Å². The molecule has 4 rings (SSSR count). The van der Waals surface area contributed by atoms with E-state index >= 15 is 0 Å². The molecule has 0 radical (unpaired) electrons. The molecule has 1 aliphatic carbocycles. The summed E-state index contributed by atoms with van der Waals surface area (Å²) in [6.07, 6.45) is 1.19. The molecule has 1 unspecified atom stereocenters. The number of hydrogen-bond acceptors (Lipinski definition) is 4. The zero-order chi connectivity index (χ0) is 20.9. The molecule has 3 aromatic carbocycles. The molecular formula is C26H25NO3. The Kier molecular flexibility index (Phi) is 5.94. The van der Waals surface area contributed by atoms with Crippen LogP contribution >= 0.6 is 0 Å². The van der Waals surface area contributed by atoms with Crippen LogP contribution in [0.15, 0.2) is 89.3 Å². The number of aliphatic hydroxyl groups excluding tert-OH is 1. The van der Waals surface area contributed by atoms with Crippen molar-refractivity contribution in [1.29, 1.82) is 0 Å². The topological polar surface area (TPSA) is 58.9 Å². The van der Waals surface area contributed by atoms with Crippen molar-refractivity contribution in [3.63, 3.8) is 0 Å². The normalized spacial score (nSPS) is 17.4. The first kappa shape index (κ1) is 19.9. The Hall–Kier alpha value is -3.40. The quantitative estimate of drug-likeness (QED) is 0.425. The molecule has 1 aliphatic rings. The maximum Gasteiger partial charge on any atom is 0.168 e. The fraction of sp³-hybridized carbons (Fsp3) is 0.231. The van der Waals surface area contributed by atoms with Crippen molar-refractivity contribution >= 4 is 22.3 Å². The average molecular weight is 399 g/mol. The lowest BCUT2D eigenvalue weighted by atomic mass is 9.80. The summed E-state index contributed by atoms with van der Waals surface area (Å²) < 4.78 is 0. The number of ketones is 1. The first-order valence-electron chi connectivity index (χ1n) is 10.3. The summed E-state index contributed by atoms with van der Waals surface area (Å²) in [7, 11) is 0. The highest BCUT2D eigenvalue weighted by Gasteiger charge is 2.32. The van der Waals surface area contributed by atoms with Crippen LogP contribution in [-0.4, -0.2) is 23.2 Å². The van der Waals surface area contributed by atoms with Crippen molar-refractivity contribution in [2.75, 3.05) is 6.61 Å². The molecule has 1 N–H and O–H groups in total. The summed E-state index contributed by atoms with van der Waals surface area (Å²) in [6.45, 7) is 2.25. The lowest BCUT2D eigenvalue weighted by Crippen LogP contribution is -2.25. The van der Waals surface area contributed by atoms with Gasteiger partial charge in [0.05, 0.1) is 11.3 Å². The van der Waals surface area contributed by atoms with E-state index in [1.54, 1.807) is 0 Å². The molecule has 0 fully saturated rings. The summed E-state index contributed by atoms with van der Waals surface area (Å²) in [5, 5.41) is 17.3. The molecule has 4 heteroatoms. The molecule has 0 aromatic heterocycles. The molecule has 0 spiro atoms. The highest BCUT2D eigenvalue weighted by Crippen LogP contribution is 2.34. The van der Waals surface area contributed by atoms with Crippen LogP contribution in [-0.2, 0) is 16.1 Å². The zero-order valence-corrected chi connectivity index (χ0v) is 17.0. The van der Waals surface area contributed by atoms with Gasteiger partial charge in [-0.1, -0.05) is 78.0 Å². The molecule has 0 amide bonds. The molecule has 30 heavy (non-hydrogen) atoms. The van der Waals surface area contributed by atoms with Crippen molar-refractivity contribution < 1.29 is 14.7 Å². The standard InChI is InChI=1S/C26H25NO3/c1-2-30-27-23(15-20-13-8-12-19-11-6-7-14-22(19)20)26-24(28)16-21(17-25(26)29)18-9-4-3-5-10-18/h3-14,21,28H,2,15-17H2,1H3. The summed E-state index contributed by atoms with van der Waals surface area (Å²) in [5.41, 5.74) is 2.91. The maximum atomic E-state index is 13.1. The number of oxime groups is 1. The van der Waals surface area contributed by atoms with E-state index in [9.17, 15) is 9.90 Å². The van der Waals surface area contributed by atoms with E-state index < -0.39 is 0 Å². The number of hydrogen-bond donors (Lipinski definition) is 1. The summed E-state index contributed by atoms with van der Waals surface area (Å²) in [6, 6.07) is 24.1. The molecule has 3 aromatic rings. The Morgan fingerprint density at radius 2 is 1.73 bits per heavy atom. The minimum absolute atomic E-state index is 0.0200. The first-order valence-corrected chi connectivity index (χ1v) is 10.3. The van der Waals surface area contributed by atoms with E-state index in [0.29, 0.717) is 37.2 Å². The summed E-state index contributed by atoms with van der Waals surface area (Å²) >= 11 is 0. The fourth-order valence-electron chi connectivity index (χ4n) is 4.12. The monoisotopic (exact) mass is 399 g/mol.